The second-order valence-electron chi connectivity index (χ2n) is 9.15. The van der Waals surface area contributed by atoms with Crippen molar-refractivity contribution in [2.75, 3.05) is 20.2 Å². The fourth-order valence-electron chi connectivity index (χ4n) is 5.90. The van der Waals surface area contributed by atoms with Crippen LogP contribution in [0.4, 0.5) is 0 Å². The summed E-state index contributed by atoms with van der Waals surface area (Å²) >= 11 is 0. The Balaban J connectivity index is 1.24. The third-order valence-corrected chi connectivity index (χ3v) is 7.37. The predicted molar refractivity (Wildman–Crippen MR) is 112 cm³/mol. The third-order valence-electron chi connectivity index (χ3n) is 7.37. The van der Waals surface area contributed by atoms with Gasteiger partial charge < -0.3 is 19.7 Å². The van der Waals surface area contributed by atoms with E-state index in [4.69, 9.17) is 9.47 Å². The molecule has 0 aromatic heterocycles. The van der Waals surface area contributed by atoms with E-state index in [0.29, 0.717) is 19.1 Å². The second kappa shape index (κ2) is 7.41. The molecule has 0 radical (unpaired) electrons. The molecule has 1 N–H and O–H groups in total. The average molecular weight is 411 g/mol. The summed E-state index contributed by atoms with van der Waals surface area (Å²) in [4.78, 5) is 28.4. The van der Waals surface area contributed by atoms with Gasteiger partial charge in [0.1, 0.15) is 11.4 Å². The highest BCUT2D eigenvalue weighted by molar-refractivity contribution is 5.93. The lowest BCUT2D eigenvalue weighted by Crippen LogP contribution is -2.45. The Bertz CT molecular complexity index is 891. The van der Waals surface area contributed by atoms with Crippen LogP contribution in [-0.4, -0.2) is 54.7 Å². The molecule has 1 saturated carbocycles. The van der Waals surface area contributed by atoms with Crippen LogP contribution in [0.15, 0.2) is 30.4 Å². The SMILES string of the molecule is COc1ccc(CCNC(=O)[C@H]2[C@H]3C(=O)N(C4CCCC4)C[C@@]34C=C[C@H]2O4)cc1C. The van der Waals surface area contributed by atoms with E-state index in [0.717, 1.165) is 36.1 Å². The Kier molecular flexibility index (Phi) is 4.85. The van der Waals surface area contributed by atoms with Gasteiger partial charge in [-0.1, -0.05) is 37.1 Å². The van der Waals surface area contributed by atoms with Crippen molar-refractivity contribution in [1.82, 2.24) is 10.2 Å². The summed E-state index contributed by atoms with van der Waals surface area (Å²) in [5.74, 6) is 0.108. The van der Waals surface area contributed by atoms with Gasteiger partial charge in [0.05, 0.1) is 31.6 Å². The molecule has 1 aromatic carbocycles. The number of hydrogen-bond acceptors (Lipinski definition) is 4. The number of ether oxygens (including phenoxy) is 2. The van der Waals surface area contributed by atoms with E-state index in [1.807, 2.05) is 36.1 Å². The van der Waals surface area contributed by atoms with Gasteiger partial charge in [-0.3, -0.25) is 9.59 Å². The lowest BCUT2D eigenvalue weighted by atomic mass is 9.77. The van der Waals surface area contributed by atoms with Gasteiger partial charge >= 0.3 is 0 Å². The zero-order valence-electron chi connectivity index (χ0n) is 17.7. The fourth-order valence-corrected chi connectivity index (χ4v) is 5.90. The maximum absolute atomic E-state index is 13.3. The van der Waals surface area contributed by atoms with Crippen molar-refractivity contribution in [1.29, 1.82) is 0 Å². The molecule has 5 rings (SSSR count). The van der Waals surface area contributed by atoms with Gasteiger partial charge in [0.25, 0.3) is 0 Å². The van der Waals surface area contributed by atoms with Crippen LogP contribution in [0.2, 0.25) is 0 Å². The van der Waals surface area contributed by atoms with Gasteiger partial charge in [0.2, 0.25) is 11.8 Å². The monoisotopic (exact) mass is 410 g/mol. The molecular formula is C24H30N2O4. The molecule has 6 heteroatoms. The largest absolute Gasteiger partial charge is 0.496 e. The van der Waals surface area contributed by atoms with Crippen molar-refractivity contribution in [3.8, 4) is 5.75 Å². The molecule has 2 amide bonds. The molecule has 2 saturated heterocycles. The van der Waals surface area contributed by atoms with E-state index in [9.17, 15) is 9.59 Å². The Morgan fingerprint density at radius 3 is 2.87 bits per heavy atom. The number of carbonyl (C=O) groups is 2. The molecule has 3 aliphatic heterocycles. The van der Waals surface area contributed by atoms with Gasteiger partial charge in [-0.05, 0) is 43.4 Å². The number of nitrogens with zero attached hydrogens (tertiary/aromatic N) is 1. The maximum Gasteiger partial charge on any atom is 0.230 e. The van der Waals surface area contributed by atoms with Crippen molar-refractivity contribution < 1.29 is 19.1 Å². The number of methoxy groups -OCH3 is 1. The lowest BCUT2D eigenvalue weighted by Gasteiger charge is -2.27. The molecule has 1 spiro atoms. The fraction of sp³-hybridized carbons (Fsp3) is 0.583. The van der Waals surface area contributed by atoms with Gasteiger partial charge in [-0.15, -0.1) is 0 Å². The number of rotatable bonds is 6. The number of amides is 2. The summed E-state index contributed by atoms with van der Waals surface area (Å²) in [6.07, 6.45) is 8.98. The summed E-state index contributed by atoms with van der Waals surface area (Å²) in [5.41, 5.74) is 1.64. The summed E-state index contributed by atoms with van der Waals surface area (Å²) in [7, 11) is 1.67. The molecule has 30 heavy (non-hydrogen) atoms. The van der Waals surface area contributed by atoms with Gasteiger partial charge in [0, 0.05) is 12.6 Å². The molecule has 2 bridgehead atoms. The molecule has 1 aromatic rings. The quantitative estimate of drug-likeness (QED) is 0.732. The van der Waals surface area contributed by atoms with E-state index in [-0.39, 0.29) is 23.8 Å². The Hall–Kier alpha value is -2.34. The molecule has 3 heterocycles. The van der Waals surface area contributed by atoms with Crippen LogP contribution in [0, 0.1) is 18.8 Å². The highest BCUT2D eigenvalue weighted by atomic mass is 16.5. The van der Waals surface area contributed by atoms with Crippen LogP contribution in [0.25, 0.3) is 0 Å². The Labute approximate surface area is 177 Å². The number of likely N-dealkylation sites (tertiary alicyclic amines) is 1. The zero-order valence-corrected chi connectivity index (χ0v) is 17.7. The van der Waals surface area contributed by atoms with Crippen molar-refractivity contribution in [2.24, 2.45) is 11.8 Å². The van der Waals surface area contributed by atoms with Crippen molar-refractivity contribution in [3.05, 3.63) is 41.5 Å². The number of hydrogen-bond donors (Lipinski definition) is 1. The first-order valence-corrected chi connectivity index (χ1v) is 11.1. The van der Waals surface area contributed by atoms with E-state index in [1.54, 1.807) is 7.11 Å². The third kappa shape index (κ3) is 3.04. The summed E-state index contributed by atoms with van der Waals surface area (Å²) < 4.78 is 11.5. The number of carbonyl (C=O) groups excluding carboxylic acids is 2. The van der Waals surface area contributed by atoms with E-state index in [2.05, 4.69) is 11.4 Å². The lowest BCUT2D eigenvalue weighted by molar-refractivity contribution is -0.138. The first kappa shape index (κ1) is 19.6. The smallest absolute Gasteiger partial charge is 0.230 e. The molecule has 160 valence electrons. The van der Waals surface area contributed by atoms with Gasteiger partial charge in [-0.25, -0.2) is 0 Å². The maximum atomic E-state index is 13.3. The van der Waals surface area contributed by atoms with Gasteiger partial charge in [-0.2, -0.15) is 0 Å². The van der Waals surface area contributed by atoms with Crippen LogP contribution in [0.1, 0.15) is 36.8 Å². The zero-order chi connectivity index (χ0) is 20.9. The van der Waals surface area contributed by atoms with Crippen LogP contribution in [0.5, 0.6) is 5.75 Å². The molecule has 0 unspecified atom stereocenters. The van der Waals surface area contributed by atoms with Crippen molar-refractivity contribution in [3.63, 3.8) is 0 Å². The highest BCUT2D eigenvalue weighted by Crippen LogP contribution is 2.52. The van der Waals surface area contributed by atoms with E-state index in [1.165, 1.54) is 12.8 Å². The topological polar surface area (TPSA) is 67.9 Å². The second-order valence-corrected chi connectivity index (χ2v) is 9.15. The summed E-state index contributed by atoms with van der Waals surface area (Å²) in [6.45, 7) is 3.15. The minimum absolute atomic E-state index is 0.0666. The van der Waals surface area contributed by atoms with E-state index < -0.39 is 11.5 Å². The number of benzene rings is 1. The molecule has 1 aliphatic carbocycles. The molecular weight excluding hydrogens is 380 g/mol. The number of aryl methyl sites for hydroxylation is 1. The van der Waals surface area contributed by atoms with Crippen LogP contribution in [-0.2, 0) is 20.7 Å². The minimum Gasteiger partial charge on any atom is -0.496 e. The first-order valence-electron chi connectivity index (χ1n) is 11.1. The Morgan fingerprint density at radius 2 is 2.13 bits per heavy atom. The number of fused-ring (bicyclic) bond motifs is 1. The Morgan fingerprint density at radius 1 is 1.33 bits per heavy atom. The molecule has 3 fully saturated rings. The van der Waals surface area contributed by atoms with Crippen LogP contribution >= 0.6 is 0 Å². The first-order chi connectivity index (χ1) is 14.5. The van der Waals surface area contributed by atoms with Crippen LogP contribution < -0.4 is 10.1 Å². The number of nitrogens with one attached hydrogen (secondary N) is 1. The molecule has 6 nitrogen and oxygen atoms in total. The average Bonchev–Trinajstić information content (AvgIpc) is 3.50. The van der Waals surface area contributed by atoms with E-state index >= 15 is 0 Å². The summed E-state index contributed by atoms with van der Waals surface area (Å²) in [6, 6.07) is 6.38. The van der Waals surface area contributed by atoms with Crippen molar-refractivity contribution in [2.45, 2.75) is 56.8 Å². The normalized spacial score (nSPS) is 32.1. The standard InChI is InChI=1S/C24H30N2O4/c1-15-13-16(7-8-18(15)29-2)10-12-25-22(27)20-19-9-11-24(30-19)14-26(23(28)21(20)24)17-5-3-4-6-17/h7-9,11,13,17,19-21H,3-6,10,12,14H2,1-2H3,(H,25,27)/t19-,20-,21+,24+/m1/s1. The molecule has 4 atom stereocenters. The van der Waals surface area contributed by atoms with Gasteiger partial charge in [0.15, 0.2) is 0 Å². The minimum atomic E-state index is -0.598. The van der Waals surface area contributed by atoms with Crippen molar-refractivity contribution >= 4 is 11.8 Å². The van der Waals surface area contributed by atoms with Crippen LogP contribution in [0.3, 0.4) is 0 Å². The predicted octanol–water partition coefficient (Wildman–Crippen LogP) is 2.39. The summed E-state index contributed by atoms with van der Waals surface area (Å²) in [5, 5.41) is 3.07. The molecule has 4 aliphatic rings. The highest BCUT2D eigenvalue weighted by Gasteiger charge is 2.67.